The van der Waals surface area contributed by atoms with Gasteiger partial charge in [-0.25, -0.2) is 18.1 Å². The molecule has 25 heavy (non-hydrogen) atoms. The molecule has 2 aromatic heterocycles. The van der Waals surface area contributed by atoms with Gasteiger partial charge in [0.2, 0.25) is 15.8 Å². The van der Waals surface area contributed by atoms with Crippen LogP contribution < -0.4 is 5.32 Å². The lowest BCUT2D eigenvalue weighted by Crippen LogP contribution is -2.12. The predicted octanol–water partition coefficient (Wildman–Crippen LogP) is 2.72. The Morgan fingerprint density at radius 2 is 2.04 bits per heavy atom. The fraction of sp³-hybridized carbons (Fsp3) is 0.125. The summed E-state index contributed by atoms with van der Waals surface area (Å²) in [6.07, 6.45) is 1.29. The lowest BCUT2D eigenvalue weighted by atomic mass is 10.4. The fourth-order valence-electron chi connectivity index (χ4n) is 2.33. The summed E-state index contributed by atoms with van der Waals surface area (Å²) in [4.78, 5) is 3.66. The Morgan fingerprint density at radius 3 is 2.72 bits per heavy atom. The zero-order chi connectivity index (χ0) is 18.0. The van der Waals surface area contributed by atoms with Crippen LogP contribution >= 0.6 is 15.9 Å². The Balaban J connectivity index is 2.23. The SMILES string of the molecule is CNCc1cc(S(=O)(=O)c2cccc(Br)c2)n(-c2cccnc2F)n1. The van der Waals surface area contributed by atoms with Crippen molar-refractivity contribution in [2.24, 2.45) is 0 Å². The molecule has 1 aromatic carbocycles. The van der Waals surface area contributed by atoms with Crippen molar-refractivity contribution in [1.82, 2.24) is 20.1 Å². The number of nitrogens with zero attached hydrogens (tertiary/aromatic N) is 3. The summed E-state index contributed by atoms with van der Waals surface area (Å²) >= 11 is 3.27. The van der Waals surface area contributed by atoms with Crippen LogP contribution in [0.3, 0.4) is 0 Å². The lowest BCUT2D eigenvalue weighted by molar-refractivity contribution is 0.554. The van der Waals surface area contributed by atoms with Crippen LogP contribution in [0.1, 0.15) is 5.69 Å². The van der Waals surface area contributed by atoms with E-state index in [0.717, 1.165) is 4.68 Å². The van der Waals surface area contributed by atoms with E-state index < -0.39 is 15.8 Å². The molecule has 0 saturated heterocycles. The van der Waals surface area contributed by atoms with Gasteiger partial charge in [-0.3, -0.25) is 0 Å². The van der Waals surface area contributed by atoms with E-state index in [1.165, 1.54) is 36.5 Å². The summed E-state index contributed by atoms with van der Waals surface area (Å²) in [7, 11) is -2.19. The smallest absolute Gasteiger partial charge is 0.238 e. The minimum absolute atomic E-state index is 0.0292. The van der Waals surface area contributed by atoms with Crippen molar-refractivity contribution in [2.45, 2.75) is 16.5 Å². The zero-order valence-corrected chi connectivity index (χ0v) is 15.6. The summed E-state index contributed by atoms with van der Waals surface area (Å²) in [6.45, 7) is 0.343. The molecular formula is C16H14BrFN4O2S. The highest BCUT2D eigenvalue weighted by atomic mass is 79.9. The first-order valence-corrected chi connectivity index (χ1v) is 9.56. The molecule has 0 fully saturated rings. The van der Waals surface area contributed by atoms with Crippen molar-refractivity contribution in [3.05, 3.63) is 64.8 Å². The number of sulfone groups is 1. The summed E-state index contributed by atoms with van der Waals surface area (Å²) in [5.41, 5.74) is 0.442. The molecule has 2 heterocycles. The highest BCUT2D eigenvalue weighted by molar-refractivity contribution is 9.10. The van der Waals surface area contributed by atoms with Crippen LogP contribution in [0.2, 0.25) is 0 Å². The van der Waals surface area contributed by atoms with E-state index >= 15 is 0 Å². The van der Waals surface area contributed by atoms with Gasteiger partial charge in [0.05, 0.1) is 10.6 Å². The minimum atomic E-state index is -3.91. The molecule has 0 aliphatic rings. The second-order valence-corrected chi connectivity index (χ2v) is 8.00. The van der Waals surface area contributed by atoms with Crippen molar-refractivity contribution >= 4 is 25.8 Å². The lowest BCUT2D eigenvalue weighted by Gasteiger charge is -2.09. The van der Waals surface area contributed by atoms with E-state index in [1.54, 1.807) is 19.2 Å². The normalized spacial score (nSPS) is 11.6. The van der Waals surface area contributed by atoms with Crippen LogP contribution in [0.5, 0.6) is 0 Å². The van der Waals surface area contributed by atoms with Gasteiger partial charge in [-0.15, -0.1) is 0 Å². The Morgan fingerprint density at radius 1 is 1.24 bits per heavy atom. The second kappa shape index (κ2) is 7.03. The number of nitrogens with one attached hydrogen (secondary N) is 1. The molecule has 1 N–H and O–H groups in total. The molecule has 6 nitrogen and oxygen atoms in total. The fourth-order valence-corrected chi connectivity index (χ4v) is 4.32. The third kappa shape index (κ3) is 3.48. The number of hydrogen-bond acceptors (Lipinski definition) is 5. The van der Waals surface area contributed by atoms with Crippen molar-refractivity contribution in [3.63, 3.8) is 0 Å². The average molecular weight is 425 g/mol. The van der Waals surface area contributed by atoms with Crippen LogP contribution in [0.4, 0.5) is 4.39 Å². The minimum Gasteiger partial charge on any atom is -0.314 e. The van der Waals surface area contributed by atoms with Crippen LogP contribution in [-0.2, 0) is 16.4 Å². The van der Waals surface area contributed by atoms with Gasteiger partial charge >= 0.3 is 0 Å². The number of aromatic nitrogens is 3. The number of benzene rings is 1. The van der Waals surface area contributed by atoms with Crippen LogP contribution in [0, 0.1) is 5.95 Å². The quantitative estimate of drug-likeness (QED) is 0.637. The molecule has 3 rings (SSSR count). The first-order valence-electron chi connectivity index (χ1n) is 7.28. The van der Waals surface area contributed by atoms with Crippen molar-refractivity contribution in [3.8, 4) is 5.69 Å². The predicted molar refractivity (Wildman–Crippen MR) is 93.7 cm³/mol. The summed E-state index contributed by atoms with van der Waals surface area (Å²) < 4.78 is 41.9. The maximum Gasteiger partial charge on any atom is 0.238 e. The summed E-state index contributed by atoms with van der Waals surface area (Å²) in [5.74, 6) is -0.799. The van der Waals surface area contributed by atoms with Gasteiger partial charge in [-0.2, -0.15) is 9.49 Å². The van der Waals surface area contributed by atoms with Gasteiger partial charge in [0.15, 0.2) is 5.03 Å². The Bertz CT molecular complexity index is 1020. The second-order valence-electron chi connectivity index (χ2n) is 5.19. The molecule has 0 saturated carbocycles. The van der Waals surface area contributed by atoms with Gasteiger partial charge in [-0.05, 0) is 37.4 Å². The third-order valence-electron chi connectivity index (χ3n) is 3.43. The Hall–Kier alpha value is -2.10. The molecule has 0 aliphatic carbocycles. The average Bonchev–Trinajstić information content (AvgIpc) is 3.00. The van der Waals surface area contributed by atoms with Crippen LogP contribution in [0.15, 0.2) is 63.1 Å². The molecule has 0 amide bonds. The summed E-state index contributed by atoms with van der Waals surface area (Å²) in [5, 5.41) is 7.01. The number of hydrogen-bond donors (Lipinski definition) is 1. The molecule has 0 radical (unpaired) electrons. The van der Waals surface area contributed by atoms with E-state index in [1.807, 2.05) is 0 Å². The molecule has 3 aromatic rings. The maximum absolute atomic E-state index is 14.1. The molecule has 130 valence electrons. The highest BCUT2D eigenvalue weighted by Crippen LogP contribution is 2.26. The van der Waals surface area contributed by atoms with Gasteiger partial charge in [0.25, 0.3) is 0 Å². The molecule has 0 aliphatic heterocycles. The van der Waals surface area contributed by atoms with E-state index in [0.29, 0.717) is 16.7 Å². The highest BCUT2D eigenvalue weighted by Gasteiger charge is 2.26. The van der Waals surface area contributed by atoms with Crippen molar-refractivity contribution in [1.29, 1.82) is 0 Å². The van der Waals surface area contributed by atoms with Crippen molar-refractivity contribution in [2.75, 3.05) is 7.05 Å². The van der Waals surface area contributed by atoms with E-state index in [9.17, 15) is 12.8 Å². The monoisotopic (exact) mass is 424 g/mol. The first kappa shape index (κ1) is 17.7. The maximum atomic E-state index is 14.1. The number of pyridine rings is 1. The van der Waals surface area contributed by atoms with Gasteiger partial charge in [-0.1, -0.05) is 22.0 Å². The van der Waals surface area contributed by atoms with E-state index in [-0.39, 0.29) is 15.6 Å². The van der Waals surface area contributed by atoms with E-state index in [2.05, 4.69) is 31.3 Å². The van der Waals surface area contributed by atoms with Crippen molar-refractivity contribution < 1.29 is 12.8 Å². The van der Waals surface area contributed by atoms with Crippen LogP contribution in [-0.4, -0.2) is 30.2 Å². The zero-order valence-electron chi connectivity index (χ0n) is 13.1. The topological polar surface area (TPSA) is 76.9 Å². The van der Waals surface area contributed by atoms with Crippen LogP contribution in [0.25, 0.3) is 5.69 Å². The molecule has 0 bridgehead atoms. The number of halogens is 2. The number of rotatable bonds is 5. The standard InChI is InChI=1S/C16H14BrFN4O2S/c1-19-10-12-9-15(22(21-12)14-6-3-7-20-16(14)18)25(23,24)13-5-2-4-11(17)8-13/h2-9,19H,10H2,1H3. The molecule has 9 heteroatoms. The molecule has 0 spiro atoms. The molecule has 0 atom stereocenters. The molecular weight excluding hydrogens is 411 g/mol. The van der Waals surface area contributed by atoms with Gasteiger partial charge in [0, 0.05) is 23.3 Å². The van der Waals surface area contributed by atoms with Gasteiger partial charge in [0.1, 0.15) is 5.69 Å². The molecule has 0 unspecified atom stereocenters. The largest absolute Gasteiger partial charge is 0.314 e. The third-order valence-corrected chi connectivity index (χ3v) is 5.64. The van der Waals surface area contributed by atoms with E-state index in [4.69, 9.17) is 0 Å². The Kier molecular flexibility index (Phi) is 4.98. The Labute approximate surface area is 152 Å². The first-order chi connectivity index (χ1) is 11.9. The van der Waals surface area contributed by atoms with Gasteiger partial charge < -0.3 is 5.32 Å². The summed E-state index contributed by atoms with van der Waals surface area (Å²) in [6, 6.07) is 10.7.